The highest BCUT2D eigenvalue weighted by atomic mass is 16.6. The van der Waals surface area contributed by atoms with Gasteiger partial charge in [0.2, 0.25) is 0 Å². The van der Waals surface area contributed by atoms with Crippen LogP contribution in [0, 0.1) is 0 Å². The Morgan fingerprint density at radius 2 is 1.68 bits per heavy atom. The normalized spacial score (nSPS) is 19.5. The maximum Gasteiger partial charge on any atom is 0.409 e. The van der Waals surface area contributed by atoms with Gasteiger partial charge in [0.05, 0.1) is 37.0 Å². The summed E-state index contributed by atoms with van der Waals surface area (Å²) >= 11 is 0. The Morgan fingerprint density at radius 3 is 2.32 bits per heavy atom. The molecule has 1 atom stereocenters. The molecule has 202 valence electrons. The molecular formula is C28H33N3O7. The first-order valence-electron chi connectivity index (χ1n) is 12.9. The van der Waals surface area contributed by atoms with Gasteiger partial charge in [-0.05, 0) is 63.4 Å². The lowest BCUT2D eigenvalue weighted by Crippen LogP contribution is -2.48. The fourth-order valence-corrected chi connectivity index (χ4v) is 5.02. The minimum atomic E-state index is -0.821. The van der Waals surface area contributed by atoms with Crippen molar-refractivity contribution in [2.45, 2.75) is 45.7 Å². The summed E-state index contributed by atoms with van der Waals surface area (Å²) in [6.45, 7) is 7.28. The molecule has 1 N–H and O–H groups in total. The van der Waals surface area contributed by atoms with Gasteiger partial charge in [0.25, 0.3) is 11.7 Å². The van der Waals surface area contributed by atoms with Gasteiger partial charge in [-0.3, -0.25) is 14.6 Å². The fraction of sp³-hybridized carbons (Fsp3) is 0.429. The highest BCUT2D eigenvalue weighted by molar-refractivity contribution is 6.46. The van der Waals surface area contributed by atoms with Crippen molar-refractivity contribution in [2.75, 3.05) is 32.9 Å². The number of aliphatic hydroxyl groups is 1. The van der Waals surface area contributed by atoms with Crippen LogP contribution in [0.25, 0.3) is 5.76 Å². The van der Waals surface area contributed by atoms with Gasteiger partial charge in [-0.2, -0.15) is 0 Å². The monoisotopic (exact) mass is 523 g/mol. The van der Waals surface area contributed by atoms with Gasteiger partial charge in [-0.15, -0.1) is 0 Å². The minimum Gasteiger partial charge on any atom is -0.507 e. The van der Waals surface area contributed by atoms with Crippen LogP contribution in [-0.2, 0) is 14.3 Å². The summed E-state index contributed by atoms with van der Waals surface area (Å²) in [5.74, 6) is -0.867. The Labute approximate surface area is 221 Å². The highest BCUT2D eigenvalue weighted by Crippen LogP contribution is 2.43. The van der Waals surface area contributed by atoms with Crippen LogP contribution < -0.4 is 9.47 Å². The summed E-state index contributed by atoms with van der Waals surface area (Å²) < 4.78 is 16.4. The zero-order valence-electron chi connectivity index (χ0n) is 21.9. The molecule has 1 aromatic carbocycles. The van der Waals surface area contributed by atoms with Gasteiger partial charge in [-0.25, -0.2) is 4.79 Å². The van der Waals surface area contributed by atoms with Crippen molar-refractivity contribution in [3.05, 3.63) is 59.4 Å². The quantitative estimate of drug-likeness (QED) is 0.314. The number of hydrogen-bond acceptors (Lipinski definition) is 8. The van der Waals surface area contributed by atoms with Crippen molar-refractivity contribution >= 4 is 23.5 Å². The van der Waals surface area contributed by atoms with E-state index in [0.29, 0.717) is 61.8 Å². The van der Waals surface area contributed by atoms with E-state index in [4.69, 9.17) is 14.2 Å². The summed E-state index contributed by atoms with van der Waals surface area (Å²) in [7, 11) is 0. The van der Waals surface area contributed by atoms with E-state index >= 15 is 0 Å². The summed E-state index contributed by atoms with van der Waals surface area (Å²) in [5, 5.41) is 11.5. The van der Waals surface area contributed by atoms with Gasteiger partial charge < -0.3 is 29.1 Å². The van der Waals surface area contributed by atoms with E-state index in [1.165, 1.54) is 0 Å². The first-order chi connectivity index (χ1) is 18.4. The van der Waals surface area contributed by atoms with Crippen molar-refractivity contribution < 1.29 is 33.7 Å². The van der Waals surface area contributed by atoms with Crippen LogP contribution in [0.2, 0.25) is 0 Å². The molecule has 10 nitrogen and oxygen atoms in total. The largest absolute Gasteiger partial charge is 0.507 e. The number of ketones is 1. The Balaban J connectivity index is 1.76. The third-order valence-electron chi connectivity index (χ3n) is 6.70. The second kappa shape index (κ2) is 12.0. The van der Waals surface area contributed by atoms with Crippen LogP contribution in [0.1, 0.15) is 50.8 Å². The van der Waals surface area contributed by atoms with Crippen LogP contribution >= 0.6 is 0 Å². The third kappa shape index (κ3) is 5.29. The van der Waals surface area contributed by atoms with Crippen LogP contribution in [0.5, 0.6) is 11.5 Å². The van der Waals surface area contributed by atoms with E-state index in [0.717, 1.165) is 0 Å². The smallest absolute Gasteiger partial charge is 0.409 e. The average molecular weight is 524 g/mol. The molecule has 10 heteroatoms. The Kier molecular flexibility index (Phi) is 8.50. The number of piperidine rings is 1. The number of aromatic nitrogens is 1. The van der Waals surface area contributed by atoms with Crippen molar-refractivity contribution in [1.82, 2.24) is 14.8 Å². The molecule has 0 bridgehead atoms. The van der Waals surface area contributed by atoms with E-state index in [1.807, 2.05) is 13.8 Å². The predicted molar refractivity (Wildman–Crippen MR) is 139 cm³/mol. The third-order valence-corrected chi connectivity index (χ3v) is 6.70. The number of aliphatic hydroxyl groups excluding tert-OH is 1. The lowest BCUT2D eigenvalue weighted by Gasteiger charge is -2.38. The summed E-state index contributed by atoms with van der Waals surface area (Å²) in [4.78, 5) is 46.3. The molecule has 2 amide bonds. The van der Waals surface area contributed by atoms with Crippen molar-refractivity contribution in [2.24, 2.45) is 0 Å². The van der Waals surface area contributed by atoms with Crippen LogP contribution in [0.4, 0.5) is 4.79 Å². The molecule has 1 aromatic heterocycles. The first kappa shape index (κ1) is 27.0. The van der Waals surface area contributed by atoms with Gasteiger partial charge in [-0.1, -0.05) is 0 Å². The molecular weight excluding hydrogens is 490 g/mol. The maximum atomic E-state index is 13.5. The topological polar surface area (TPSA) is 119 Å². The molecule has 38 heavy (non-hydrogen) atoms. The van der Waals surface area contributed by atoms with Crippen LogP contribution in [0.3, 0.4) is 0 Å². The van der Waals surface area contributed by atoms with Crippen molar-refractivity contribution in [3.8, 4) is 11.5 Å². The first-order valence-corrected chi connectivity index (χ1v) is 12.9. The number of pyridine rings is 1. The van der Waals surface area contributed by atoms with Gasteiger partial charge in [0.1, 0.15) is 17.3 Å². The van der Waals surface area contributed by atoms with Gasteiger partial charge in [0.15, 0.2) is 0 Å². The van der Waals surface area contributed by atoms with Crippen molar-refractivity contribution in [1.29, 1.82) is 0 Å². The van der Waals surface area contributed by atoms with E-state index in [-0.39, 0.29) is 24.0 Å². The Bertz CT molecular complexity index is 1210. The van der Waals surface area contributed by atoms with Gasteiger partial charge in [0, 0.05) is 37.6 Å². The van der Waals surface area contributed by atoms with Crippen LogP contribution in [-0.4, -0.2) is 76.6 Å². The summed E-state index contributed by atoms with van der Waals surface area (Å²) in [6, 6.07) is 7.29. The number of carbonyl (C=O) groups excluding carboxylic acids is 3. The average Bonchev–Trinajstić information content (AvgIpc) is 3.19. The maximum absolute atomic E-state index is 13.5. The number of carbonyl (C=O) groups is 3. The Hall–Kier alpha value is -4.08. The molecule has 2 aliphatic rings. The molecule has 0 aliphatic carbocycles. The summed E-state index contributed by atoms with van der Waals surface area (Å²) in [6.07, 6.45) is 3.72. The van der Waals surface area contributed by atoms with Crippen LogP contribution in [0.15, 0.2) is 48.3 Å². The lowest BCUT2D eigenvalue weighted by atomic mass is 9.94. The molecule has 0 spiro atoms. The predicted octanol–water partition coefficient (Wildman–Crippen LogP) is 3.92. The summed E-state index contributed by atoms with van der Waals surface area (Å²) in [5.41, 5.74) is 0.932. The number of likely N-dealkylation sites (tertiary alicyclic amines) is 2. The van der Waals surface area contributed by atoms with E-state index in [1.54, 1.807) is 59.4 Å². The molecule has 1 unspecified atom stereocenters. The number of nitrogens with zero attached hydrogens (tertiary/aromatic N) is 3. The second-order valence-electron chi connectivity index (χ2n) is 8.93. The number of Topliss-reactive ketones (excluding diaryl/α,β-unsaturated/α-hetero) is 1. The molecule has 2 saturated heterocycles. The number of benzene rings is 1. The number of amides is 2. The standard InChI is InChI=1S/C28H33N3O7/c1-4-36-20-7-8-21(22(17-20)37-5-2)25(32)23-24(18-9-13-29-14-10-18)31(27(34)26(23)33)19-11-15-30(16-12-19)28(35)38-6-3/h7-10,13-14,17,19,24,32H,4-6,11-12,15-16H2,1-3H3/b25-23+. The zero-order valence-corrected chi connectivity index (χ0v) is 21.9. The molecule has 4 rings (SSSR count). The highest BCUT2D eigenvalue weighted by Gasteiger charge is 2.49. The molecule has 2 aliphatic heterocycles. The number of hydrogen-bond donors (Lipinski definition) is 1. The molecule has 2 aromatic rings. The van der Waals surface area contributed by atoms with Gasteiger partial charge >= 0.3 is 6.09 Å². The Morgan fingerprint density at radius 1 is 1.00 bits per heavy atom. The second-order valence-corrected chi connectivity index (χ2v) is 8.93. The van der Waals surface area contributed by atoms with Crippen molar-refractivity contribution in [3.63, 3.8) is 0 Å². The molecule has 3 heterocycles. The SMILES string of the molecule is CCOC(=O)N1CCC(N2C(=O)C(=O)/C(=C(/O)c3ccc(OCC)cc3OCC)C2c2ccncc2)CC1. The molecule has 0 radical (unpaired) electrons. The molecule has 2 fully saturated rings. The number of rotatable bonds is 8. The lowest BCUT2D eigenvalue weighted by molar-refractivity contribution is -0.142. The van der Waals surface area contributed by atoms with E-state index < -0.39 is 23.8 Å². The number of ether oxygens (including phenoxy) is 3. The van der Waals surface area contributed by atoms with E-state index in [2.05, 4.69) is 4.98 Å². The minimum absolute atomic E-state index is 0.0147. The molecule has 0 saturated carbocycles. The fourth-order valence-electron chi connectivity index (χ4n) is 5.02. The van der Waals surface area contributed by atoms with E-state index in [9.17, 15) is 19.5 Å². The zero-order chi connectivity index (χ0) is 27.2.